The van der Waals surface area contributed by atoms with Gasteiger partial charge in [0.2, 0.25) is 0 Å². The van der Waals surface area contributed by atoms with Gasteiger partial charge in [0, 0.05) is 42.9 Å². The predicted octanol–water partition coefficient (Wildman–Crippen LogP) is 3.75. The third-order valence-electron chi connectivity index (χ3n) is 4.51. The summed E-state index contributed by atoms with van der Waals surface area (Å²) in [4.78, 5) is 15.8. The molecule has 5 nitrogen and oxygen atoms in total. The summed E-state index contributed by atoms with van der Waals surface area (Å²) in [5.74, 6) is 0.293. The molecule has 0 radical (unpaired) electrons. The number of piperidine rings is 1. The van der Waals surface area contributed by atoms with Crippen LogP contribution in [0.3, 0.4) is 0 Å². The molecule has 9 heteroatoms. The molecular formula is C17H19BrF3N5. The molecule has 0 saturated carbocycles. The molecule has 1 saturated heterocycles. The highest BCUT2D eigenvalue weighted by molar-refractivity contribution is 9.10. The number of rotatable bonds is 4. The topological polar surface area (TPSA) is 45.2 Å². The summed E-state index contributed by atoms with van der Waals surface area (Å²) in [6, 6.07) is 5.03. The molecule has 26 heavy (non-hydrogen) atoms. The van der Waals surface area contributed by atoms with Crippen LogP contribution >= 0.6 is 15.9 Å². The molecule has 1 aliphatic heterocycles. The van der Waals surface area contributed by atoms with Gasteiger partial charge in [-0.1, -0.05) is 0 Å². The van der Waals surface area contributed by atoms with Crippen molar-refractivity contribution < 1.29 is 13.2 Å². The average molecular weight is 430 g/mol. The van der Waals surface area contributed by atoms with E-state index >= 15 is 0 Å². The number of nitrogens with zero attached hydrogens (tertiary/aromatic N) is 5. The lowest BCUT2D eigenvalue weighted by atomic mass is 10.0. The number of anilines is 1. The third kappa shape index (κ3) is 4.70. The minimum Gasteiger partial charge on any atom is -0.355 e. The highest BCUT2D eigenvalue weighted by atomic mass is 79.9. The maximum Gasteiger partial charge on any atom is 0.433 e. The molecule has 1 aliphatic rings. The number of hydrogen-bond acceptors (Lipinski definition) is 5. The summed E-state index contributed by atoms with van der Waals surface area (Å²) < 4.78 is 39.6. The molecule has 3 heterocycles. The van der Waals surface area contributed by atoms with E-state index in [0.717, 1.165) is 55.0 Å². The third-order valence-corrected chi connectivity index (χ3v) is 4.98. The normalized spacial score (nSPS) is 18.7. The Balaban J connectivity index is 1.68. The quantitative estimate of drug-likeness (QED) is 0.740. The van der Waals surface area contributed by atoms with Gasteiger partial charge in [-0.25, -0.2) is 9.97 Å². The molecular weight excluding hydrogens is 411 g/mol. The summed E-state index contributed by atoms with van der Waals surface area (Å²) in [5.41, 5.74) is 0.0546. The Bertz CT molecular complexity index is 738. The summed E-state index contributed by atoms with van der Waals surface area (Å²) in [5, 5.41) is 0. The Morgan fingerprint density at radius 2 is 2.08 bits per heavy atom. The highest BCUT2D eigenvalue weighted by Gasteiger charge is 2.34. The Labute approximate surface area is 158 Å². The molecule has 0 amide bonds. The zero-order chi connectivity index (χ0) is 18.7. The first kappa shape index (κ1) is 19.0. The molecule has 1 unspecified atom stereocenters. The van der Waals surface area contributed by atoms with Crippen molar-refractivity contribution in [3.8, 4) is 0 Å². The van der Waals surface area contributed by atoms with Gasteiger partial charge in [-0.15, -0.1) is 0 Å². The fourth-order valence-electron chi connectivity index (χ4n) is 3.10. The van der Waals surface area contributed by atoms with Crippen LogP contribution in [0.1, 0.15) is 24.2 Å². The fourth-order valence-corrected chi connectivity index (χ4v) is 3.34. The van der Waals surface area contributed by atoms with E-state index in [0.29, 0.717) is 5.82 Å². The molecule has 0 aromatic carbocycles. The Morgan fingerprint density at radius 1 is 1.27 bits per heavy atom. The molecule has 1 atom stereocenters. The van der Waals surface area contributed by atoms with E-state index in [-0.39, 0.29) is 6.04 Å². The first-order valence-electron chi connectivity index (χ1n) is 8.28. The number of alkyl halides is 3. The molecule has 0 aliphatic carbocycles. The molecule has 2 aromatic heterocycles. The molecule has 0 N–H and O–H groups in total. The van der Waals surface area contributed by atoms with Gasteiger partial charge >= 0.3 is 6.18 Å². The SMILES string of the molecule is CN(c1cc(C(F)(F)F)ncn1)C1CCCN(Cc2ccc(Br)cn2)C1. The van der Waals surface area contributed by atoms with Crippen molar-refractivity contribution in [1.82, 2.24) is 19.9 Å². The monoisotopic (exact) mass is 429 g/mol. The average Bonchev–Trinajstić information content (AvgIpc) is 2.63. The van der Waals surface area contributed by atoms with E-state index < -0.39 is 11.9 Å². The van der Waals surface area contributed by atoms with E-state index in [2.05, 4.69) is 35.8 Å². The van der Waals surface area contributed by atoms with Gasteiger partial charge in [0.25, 0.3) is 0 Å². The second kappa shape index (κ2) is 7.87. The lowest BCUT2D eigenvalue weighted by Gasteiger charge is -2.38. The van der Waals surface area contributed by atoms with E-state index in [1.807, 2.05) is 17.0 Å². The van der Waals surface area contributed by atoms with Gasteiger partial charge in [-0.05, 0) is 47.4 Å². The van der Waals surface area contributed by atoms with Crippen molar-refractivity contribution in [3.05, 3.63) is 46.6 Å². The van der Waals surface area contributed by atoms with Crippen molar-refractivity contribution in [2.45, 2.75) is 31.6 Å². The van der Waals surface area contributed by atoms with Crippen LogP contribution < -0.4 is 4.90 Å². The van der Waals surface area contributed by atoms with Crippen LogP contribution in [0, 0.1) is 0 Å². The summed E-state index contributed by atoms with van der Waals surface area (Å²) in [6.07, 6.45) is 0.155. The Hall–Kier alpha value is -1.74. The number of pyridine rings is 1. The van der Waals surface area contributed by atoms with Crippen LogP contribution in [0.5, 0.6) is 0 Å². The van der Waals surface area contributed by atoms with Crippen LogP contribution in [-0.2, 0) is 12.7 Å². The van der Waals surface area contributed by atoms with Crippen molar-refractivity contribution in [3.63, 3.8) is 0 Å². The molecule has 3 rings (SSSR count). The zero-order valence-corrected chi connectivity index (χ0v) is 15.8. The maximum absolute atomic E-state index is 12.9. The van der Waals surface area contributed by atoms with E-state index in [4.69, 9.17) is 0 Å². The fraction of sp³-hybridized carbons (Fsp3) is 0.471. The number of likely N-dealkylation sites (tertiary alicyclic amines) is 1. The van der Waals surface area contributed by atoms with Crippen LogP contribution in [0.2, 0.25) is 0 Å². The van der Waals surface area contributed by atoms with Crippen molar-refractivity contribution in [2.24, 2.45) is 0 Å². The summed E-state index contributed by atoms with van der Waals surface area (Å²) in [6.45, 7) is 2.41. The standard InChI is InChI=1S/C17H19BrF3N5/c1-25(16-7-15(17(19,20)21)23-11-24-16)14-3-2-6-26(10-14)9-13-5-4-12(18)8-22-13/h4-5,7-8,11,14H,2-3,6,9-10H2,1H3. The van der Waals surface area contributed by atoms with E-state index in [1.165, 1.54) is 0 Å². The lowest BCUT2D eigenvalue weighted by Crippen LogP contribution is -2.46. The van der Waals surface area contributed by atoms with Crippen LogP contribution in [0.4, 0.5) is 19.0 Å². The second-order valence-electron chi connectivity index (χ2n) is 6.37. The minimum absolute atomic E-state index is 0.0928. The maximum atomic E-state index is 12.9. The van der Waals surface area contributed by atoms with Crippen LogP contribution in [-0.4, -0.2) is 46.0 Å². The molecule has 0 bridgehead atoms. The first-order chi connectivity index (χ1) is 12.3. The number of aromatic nitrogens is 3. The van der Waals surface area contributed by atoms with E-state index in [1.54, 1.807) is 13.2 Å². The number of hydrogen-bond donors (Lipinski definition) is 0. The lowest BCUT2D eigenvalue weighted by molar-refractivity contribution is -0.141. The second-order valence-corrected chi connectivity index (χ2v) is 7.28. The summed E-state index contributed by atoms with van der Waals surface area (Å²) in [7, 11) is 1.79. The van der Waals surface area contributed by atoms with Gasteiger partial charge in [0.1, 0.15) is 17.8 Å². The van der Waals surface area contributed by atoms with E-state index in [9.17, 15) is 13.2 Å². The van der Waals surface area contributed by atoms with Crippen LogP contribution in [0.15, 0.2) is 35.2 Å². The highest BCUT2D eigenvalue weighted by Crippen LogP contribution is 2.29. The predicted molar refractivity (Wildman–Crippen MR) is 95.7 cm³/mol. The Kier molecular flexibility index (Phi) is 5.76. The zero-order valence-electron chi connectivity index (χ0n) is 14.2. The van der Waals surface area contributed by atoms with Crippen molar-refractivity contribution in [1.29, 1.82) is 0 Å². The molecule has 0 spiro atoms. The smallest absolute Gasteiger partial charge is 0.355 e. The van der Waals surface area contributed by atoms with Gasteiger partial charge in [0.05, 0.1) is 5.69 Å². The molecule has 2 aromatic rings. The van der Waals surface area contributed by atoms with Gasteiger partial charge in [0.15, 0.2) is 0 Å². The first-order valence-corrected chi connectivity index (χ1v) is 9.07. The number of halogens is 4. The Morgan fingerprint density at radius 3 is 2.77 bits per heavy atom. The van der Waals surface area contributed by atoms with Crippen LogP contribution in [0.25, 0.3) is 0 Å². The van der Waals surface area contributed by atoms with Gasteiger partial charge < -0.3 is 4.90 Å². The van der Waals surface area contributed by atoms with Crippen molar-refractivity contribution >= 4 is 21.7 Å². The minimum atomic E-state index is -4.47. The number of likely N-dealkylation sites (N-methyl/N-ethyl adjacent to an activating group) is 1. The van der Waals surface area contributed by atoms with Gasteiger partial charge in [-0.2, -0.15) is 13.2 Å². The summed E-state index contributed by atoms with van der Waals surface area (Å²) >= 11 is 3.37. The molecule has 1 fully saturated rings. The van der Waals surface area contributed by atoms with Gasteiger partial charge in [-0.3, -0.25) is 9.88 Å². The van der Waals surface area contributed by atoms with Crippen molar-refractivity contribution in [2.75, 3.05) is 25.0 Å². The largest absolute Gasteiger partial charge is 0.433 e. The molecule has 140 valence electrons.